The number of rotatable bonds is 9. The summed E-state index contributed by atoms with van der Waals surface area (Å²) in [5, 5.41) is 0. The zero-order chi connectivity index (χ0) is 24.6. The first-order valence-corrected chi connectivity index (χ1v) is 13.5. The smallest absolute Gasteiger partial charge is 0.201 e. The minimum absolute atomic E-state index is 0.0194. The Morgan fingerprint density at radius 1 is 0.914 bits per heavy atom. The molecule has 1 aliphatic carbocycles. The molecule has 0 bridgehead atoms. The van der Waals surface area contributed by atoms with E-state index in [9.17, 15) is 8.78 Å². The first kappa shape index (κ1) is 25.9. The van der Waals surface area contributed by atoms with Crippen LogP contribution < -0.4 is 4.74 Å². The Kier molecular flexibility index (Phi) is 9.37. The third kappa shape index (κ3) is 6.52. The van der Waals surface area contributed by atoms with Crippen molar-refractivity contribution in [2.24, 2.45) is 11.8 Å². The lowest BCUT2D eigenvalue weighted by Crippen LogP contribution is -2.32. The SMILES string of the molecule is C/C=C/CCC1CCC(C2CCC(c3ccc(-c4ccc(OCCC)c(F)c4F)cc3)CC2)CO1. The summed E-state index contributed by atoms with van der Waals surface area (Å²) < 4.78 is 40.6. The van der Waals surface area contributed by atoms with E-state index in [0.29, 0.717) is 30.1 Å². The molecule has 2 aliphatic rings. The molecule has 2 fully saturated rings. The second-order valence-electron chi connectivity index (χ2n) is 10.3. The third-order valence-corrected chi connectivity index (χ3v) is 7.94. The summed E-state index contributed by atoms with van der Waals surface area (Å²) in [6.45, 7) is 5.31. The van der Waals surface area contributed by atoms with E-state index in [0.717, 1.165) is 31.8 Å². The fraction of sp³-hybridized carbons (Fsp3) is 0.548. The Morgan fingerprint density at radius 3 is 2.31 bits per heavy atom. The van der Waals surface area contributed by atoms with Gasteiger partial charge < -0.3 is 9.47 Å². The Morgan fingerprint density at radius 2 is 1.66 bits per heavy atom. The van der Waals surface area contributed by atoms with Gasteiger partial charge in [-0.25, -0.2) is 4.39 Å². The van der Waals surface area contributed by atoms with Crippen LogP contribution in [0.25, 0.3) is 11.1 Å². The van der Waals surface area contributed by atoms with Gasteiger partial charge in [-0.05, 0) is 106 Å². The summed E-state index contributed by atoms with van der Waals surface area (Å²) in [5.74, 6) is 0.254. The van der Waals surface area contributed by atoms with Crippen LogP contribution in [0.3, 0.4) is 0 Å². The maximum absolute atomic E-state index is 14.7. The molecular formula is C31H40F2O2. The van der Waals surface area contributed by atoms with E-state index < -0.39 is 11.6 Å². The maximum atomic E-state index is 14.7. The molecule has 4 heteroatoms. The van der Waals surface area contributed by atoms with E-state index in [4.69, 9.17) is 9.47 Å². The molecule has 190 valence electrons. The Bertz CT molecular complexity index is 953. The fourth-order valence-corrected chi connectivity index (χ4v) is 5.81. The Hall–Kier alpha value is -2.20. The summed E-state index contributed by atoms with van der Waals surface area (Å²) in [7, 11) is 0. The normalized spacial score (nSPS) is 25.1. The predicted molar refractivity (Wildman–Crippen MR) is 139 cm³/mol. The molecule has 35 heavy (non-hydrogen) atoms. The van der Waals surface area contributed by atoms with Gasteiger partial charge in [0, 0.05) is 5.56 Å². The molecule has 2 unspecified atom stereocenters. The first-order valence-electron chi connectivity index (χ1n) is 13.5. The average Bonchev–Trinajstić information content (AvgIpc) is 2.90. The van der Waals surface area contributed by atoms with E-state index in [1.807, 2.05) is 19.1 Å². The molecule has 0 N–H and O–H groups in total. The van der Waals surface area contributed by atoms with Gasteiger partial charge >= 0.3 is 0 Å². The van der Waals surface area contributed by atoms with E-state index in [1.54, 1.807) is 6.07 Å². The lowest BCUT2D eigenvalue weighted by atomic mass is 9.72. The highest BCUT2D eigenvalue weighted by atomic mass is 19.2. The highest BCUT2D eigenvalue weighted by Gasteiger charge is 2.31. The second-order valence-corrected chi connectivity index (χ2v) is 10.3. The monoisotopic (exact) mass is 482 g/mol. The van der Waals surface area contributed by atoms with Gasteiger partial charge in [-0.15, -0.1) is 0 Å². The van der Waals surface area contributed by atoms with E-state index in [2.05, 4.69) is 31.2 Å². The van der Waals surface area contributed by atoms with Crippen molar-refractivity contribution in [1.82, 2.24) is 0 Å². The van der Waals surface area contributed by atoms with Crippen molar-refractivity contribution in [3.63, 3.8) is 0 Å². The Labute approximate surface area is 209 Å². The number of halogens is 2. The van der Waals surface area contributed by atoms with Gasteiger partial charge in [-0.3, -0.25) is 0 Å². The van der Waals surface area contributed by atoms with Crippen LogP contribution in [0.1, 0.15) is 83.1 Å². The lowest BCUT2D eigenvalue weighted by molar-refractivity contribution is -0.0401. The molecule has 2 atom stereocenters. The summed E-state index contributed by atoms with van der Waals surface area (Å²) >= 11 is 0. The van der Waals surface area contributed by atoms with E-state index in [1.165, 1.54) is 50.2 Å². The molecule has 2 nitrogen and oxygen atoms in total. The lowest BCUT2D eigenvalue weighted by Gasteiger charge is -2.38. The van der Waals surface area contributed by atoms with Crippen LogP contribution in [0.5, 0.6) is 5.75 Å². The summed E-state index contributed by atoms with van der Waals surface area (Å²) in [6, 6.07) is 11.2. The van der Waals surface area contributed by atoms with Crippen LogP contribution >= 0.6 is 0 Å². The number of benzene rings is 2. The quantitative estimate of drug-likeness (QED) is 0.332. The van der Waals surface area contributed by atoms with Gasteiger partial charge in [0.25, 0.3) is 0 Å². The van der Waals surface area contributed by atoms with Gasteiger partial charge in [0.05, 0.1) is 19.3 Å². The highest BCUT2D eigenvalue weighted by Crippen LogP contribution is 2.42. The summed E-state index contributed by atoms with van der Waals surface area (Å²) in [5.41, 5.74) is 2.28. The van der Waals surface area contributed by atoms with Crippen molar-refractivity contribution < 1.29 is 18.3 Å². The molecule has 1 saturated carbocycles. The molecular weight excluding hydrogens is 442 g/mol. The zero-order valence-corrected chi connectivity index (χ0v) is 21.3. The van der Waals surface area contributed by atoms with Crippen molar-refractivity contribution in [2.45, 2.75) is 83.7 Å². The average molecular weight is 483 g/mol. The highest BCUT2D eigenvalue weighted by molar-refractivity contribution is 5.65. The Balaban J connectivity index is 1.29. The van der Waals surface area contributed by atoms with Gasteiger partial charge in [0.15, 0.2) is 11.6 Å². The number of hydrogen-bond acceptors (Lipinski definition) is 2. The molecule has 1 aliphatic heterocycles. The van der Waals surface area contributed by atoms with Crippen molar-refractivity contribution in [3.8, 4) is 16.9 Å². The van der Waals surface area contributed by atoms with Crippen LogP contribution in [0.4, 0.5) is 8.78 Å². The molecule has 4 rings (SSSR count). The number of allylic oxidation sites excluding steroid dienone is 2. The minimum atomic E-state index is -0.908. The van der Waals surface area contributed by atoms with Crippen molar-refractivity contribution in [1.29, 1.82) is 0 Å². The van der Waals surface area contributed by atoms with Gasteiger partial charge in [0.1, 0.15) is 0 Å². The molecule has 1 saturated heterocycles. The molecule has 1 heterocycles. The molecule has 0 radical (unpaired) electrons. The molecule has 0 aromatic heterocycles. The number of ether oxygens (including phenoxy) is 2. The zero-order valence-electron chi connectivity index (χ0n) is 21.3. The van der Waals surface area contributed by atoms with Crippen LogP contribution in [0, 0.1) is 23.5 Å². The van der Waals surface area contributed by atoms with Crippen LogP contribution in [-0.2, 0) is 4.74 Å². The standard InChI is InChI=1S/C31H40F2O2/c1-3-5-6-7-27-17-16-26(21-35-27)24-10-8-22(9-11-24)23-12-14-25(15-13-23)28-18-19-29(34-20-4-2)31(33)30(28)32/h3,5,12-15,18-19,22,24,26-27H,4,6-11,16-17,20-21H2,1-2H3/b5-3+. The molecule has 2 aromatic rings. The fourth-order valence-electron chi connectivity index (χ4n) is 5.81. The van der Waals surface area contributed by atoms with Crippen molar-refractivity contribution in [2.75, 3.05) is 13.2 Å². The van der Waals surface area contributed by atoms with Gasteiger partial charge in [0.2, 0.25) is 5.82 Å². The first-order chi connectivity index (χ1) is 17.1. The van der Waals surface area contributed by atoms with Gasteiger partial charge in [-0.2, -0.15) is 4.39 Å². The van der Waals surface area contributed by atoms with Crippen molar-refractivity contribution in [3.05, 3.63) is 65.7 Å². The van der Waals surface area contributed by atoms with Crippen molar-refractivity contribution >= 4 is 0 Å². The third-order valence-electron chi connectivity index (χ3n) is 7.94. The number of hydrogen-bond donors (Lipinski definition) is 0. The summed E-state index contributed by atoms with van der Waals surface area (Å²) in [6.07, 6.45) is 15.2. The van der Waals surface area contributed by atoms with Crippen LogP contribution in [0.2, 0.25) is 0 Å². The molecule has 2 aromatic carbocycles. The van der Waals surface area contributed by atoms with Gasteiger partial charge in [-0.1, -0.05) is 43.3 Å². The van der Waals surface area contributed by atoms with Crippen LogP contribution in [0.15, 0.2) is 48.6 Å². The maximum Gasteiger partial charge on any atom is 0.201 e. The molecule has 0 amide bonds. The minimum Gasteiger partial charge on any atom is -0.490 e. The predicted octanol–water partition coefficient (Wildman–Crippen LogP) is 8.85. The largest absolute Gasteiger partial charge is 0.490 e. The molecule has 0 spiro atoms. The topological polar surface area (TPSA) is 18.5 Å². The van der Waals surface area contributed by atoms with E-state index in [-0.39, 0.29) is 11.3 Å². The second kappa shape index (κ2) is 12.7. The summed E-state index contributed by atoms with van der Waals surface area (Å²) in [4.78, 5) is 0. The van der Waals surface area contributed by atoms with Crippen LogP contribution in [-0.4, -0.2) is 19.3 Å². The van der Waals surface area contributed by atoms with E-state index >= 15 is 0 Å².